The molecule has 2 aliphatic rings. The van der Waals surface area contributed by atoms with Crippen LogP contribution in [0.15, 0.2) is 23.8 Å². The van der Waals surface area contributed by atoms with Crippen molar-refractivity contribution in [3.8, 4) is 11.5 Å². The molecule has 1 aromatic rings. The summed E-state index contributed by atoms with van der Waals surface area (Å²) in [4.78, 5) is 48.7. The highest BCUT2D eigenvalue weighted by Crippen LogP contribution is 2.29. The van der Waals surface area contributed by atoms with Crippen LogP contribution >= 0.6 is 0 Å². The minimum atomic E-state index is -0.853. The number of carbonyl (C=O) groups excluding carboxylic acids is 4. The fourth-order valence-corrected chi connectivity index (χ4v) is 2.97. The first-order valence-electron chi connectivity index (χ1n) is 9.03. The number of rotatable bonds is 6. The molecular formula is C19H21N3O6. The van der Waals surface area contributed by atoms with E-state index in [1.54, 1.807) is 30.0 Å². The Morgan fingerprint density at radius 2 is 1.75 bits per heavy atom. The molecule has 0 spiro atoms. The van der Waals surface area contributed by atoms with Crippen LogP contribution < -0.4 is 20.1 Å². The van der Waals surface area contributed by atoms with Crippen LogP contribution in [-0.2, 0) is 14.4 Å². The summed E-state index contributed by atoms with van der Waals surface area (Å²) < 4.78 is 11.2. The van der Waals surface area contributed by atoms with Gasteiger partial charge in [-0.25, -0.2) is 4.79 Å². The van der Waals surface area contributed by atoms with Crippen molar-refractivity contribution < 1.29 is 28.7 Å². The van der Waals surface area contributed by atoms with Crippen LogP contribution in [0, 0.1) is 0 Å². The van der Waals surface area contributed by atoms with E-state index in [0.717, 1.165) is 25.9 Å². The number of hydrogen-bond acceptors (Lipinski definition) is 6. The molecule has 2 N–H and O–H groups in total. The summed E-state index contributed by atoms with van der Waals surface area (Å²) in [5.41, 5.74) is 0.316. The Morgan fingerprint density at radius 1 is 1.07 bits per heavy atom. The third kappa shape index (κ3) is 4.48. The third-order valence-electron chi connectivity index (χ3n) is 4.33. The van der Waals surface area contributed by atoms with Crippen LogP contribution in [0.2, 0.25) is 0 Å². The van der Waals surface area contributed by atoms with Gasteiger partial charge in [0, 0.05) is 13.1 Å². The predicted molar refractivity (Wildman–Crippen MR) is 98.6 cm³/mol. The molecule has 0 radical (unpaired) electrons. The molecule has 9 heteroatoms. The van der Waals surface area contributed by atoms with Crippen molar-refractivity contribution in [2.75, 3.05) is 26.3 Å². The molecule has 9 nitrogen and oxygen atoms in total. The number of ether oxygens (including phenoxy) is 2. The number of nitrogens with one attached hydrogen (secondary N) is 2. The molecule has 2 fully saturated rings. The quantitative estimate of drug-likeness (QED) is 0.552. The maximum atomic E-state index is 12.2. The van der Waals surface area contributed by atoms with Gasteiger partial charge in [0.1, 0.15) is 5.57 Å². The van der Waals surface area contributed by atoms with Crippen molar-refractivity contribution in [2.45, 2.75) is 19.8 Å². The maximum Gasteiger partial charge on any atom is 0.328 e. The molecule has 5 amide bonds. The van der Waals surface area contributed by atoms with Crippen LogP contribution in [0.25, 0.3) is 6.08 Å². The molecule has 1 aromatic carbocycles. The zero-order valence-electron chi connectivity index (χ0n) is 15.4. The summed E-state index contributed by atoms with van der Waals surface area (Å²) in [6, 6.07) is 3.98. The van der Waals surface area contributed by atoms with E-state index >= 15 is 0 Å². The second-order valence-corrected chi connectivity index (χ2v) is 6.31. The highest BCUT2D eigenvalue weighted by molar-refractivity contribution is 6.31. The lowest BCUT2D eigenvalue weighted by Crippen LogP contribution is -2.51. The summed E-state index contributed by atoms with van der Waals surface area (Å²) in [5, 5.41) is 4.03. The minimum absolute atomic E-state index is 0.0774. The fraction of sp³-hybridized carbons (Fsp3) is 0.368. The second-order valence-electron chi connectivity index (χ2n) is 6.31. The number of imide groups is 2. The average molecular weight is 387 g/mol. The molecule has 0 saturated carbocycles. The SMILES string of the molecule is CCOc1cc(C=C2C(=O)NC(=O)NC2=O)ccc1OCC(=O)N1CCCC1. The van der Waals surface area contributed by atoms with E-state index in [1.165, 1.54) is 6.08 Å². The number of carbonyl (C=O) groups is 4. The van der Waals surface area contributed by atoms with Gasteiger partial charge < -0.3 is 14.4 Å². The lowest BCUT2D eigenvalue weighted by atomic mass is 10.1. The number of amides is 5. The predicted octanol–water partition coefficient (Wildman–Crippen LogP) is 0.836. The number of likely N-dealkylation sites (tertiary alicyclic amines) is 1. The fourth-order valence-electron chi connectivity index (χ4n) is 2.97. The largest absolute Gasteiger partial charge is 0.490 e. The van der Waals surface area contributed by atoms with Crippen molar-refractivity contribution >= 4 is 29.8 Å². The standard InChI is InChI=1S/C19H21N3O6/c1-2-27-15-10-12(9-13-17(24)20-19(26)21-18(13)25)5-6-14(15)28-11-16(23)22-7-3-4-8-22/h5-6,9-10H,2-4,7-8,11H2,1H3,(H2,20,21,24,25,26). The van der Waals surface area contributed by atoms with Crippen molar-refractivity contribution in [3.63, 3.8) is 0 Å². The van der Waals surface area contributed by atoms with E-state index in [-0.39, 0.29) is 18.1 Å². The van der Waals surface area contributed by atoms with Crippen LogP contribution in [0.4, 0.5) is 4.79 Å². The van der Waals surface area contributed by atoms with E-state index < -0.39 is 17.8 Å². The highest BCUT2D eigenvalue weighted by atomic mass is 16.5. The number of hydrogen-bond donors (Lipinski definition) is 2. The number of benzene rings is 1. The first-order valence-corrected chi connectivity index (χ1v) is 9.03. The van der Waals surface area contributed by atoms with E-state index in [0.29, 0.717) is 23.7 Å². The van der Waals surface area contributed by atoms with E-state index in [4.69, 9.17) is 9.47 Å². The van der Waals surface area contributed by atoms with Gasteiger partial charge in [-0.05, 0) is 43.5 Å². The molecule has 0 unspecified atom stereocenters. The molecule has 0 aromatic heterocycles. The zero-order chi connectivity index (χ0) is 20.1. The van der Waals surface area contributed by atoms with E-state index in [2.05, 4.69) is 0 Å². The maximum absolute atomic E-state index is 12.2. The first-order chi connectivity index (χ1) is 13.5. The van der Waals surface area contributed by atoms with Crippen molar-refractivity contribution in [2.24, 2.45) is 0 Å². The van der Waals surface area contributed by atoms with Crippen LogP contribution in [0.3, 0.4) is 0 Å². The summed E-state index contributed by atoms with van der Waals surface area (Å²) in [6.45, 7) is 3.58. The van der Waals surface area contributed by atoms with Gasteiger partial charge in [0.2, 0.25) is 0 Å². The summed E-state index contributed by atoms with van der Waals surface area (Å²) in [6.07, 6.45) is 3.36. The summed E-state index contributed by atoms with van der Waals surface area (Å²) in [5.74, 6) is -0.846. The topological polar surface area (TPSA) is 114 Å². The molecule has 0 aliphatic carbocycles. The molecule has 2 heterocycles. The second kappa shape index (κ2) is 8.55. The summed E-state index contributed by atoms with van der Waals surface area (Å²) in [7, 11) is 0. The van der Waals surface area contributed by atoms with Gasteiger partial charge in [0.25, 0.3) is 17.7 Å². The van der Waals surface area contributed by atoms with Gasteiger partial charge in [0.05, 0.1) is 6.61 Å². The van der Waals surface area contributed by atoms with Gasteiger partial charge in [-0.3, -0.25) is 25.0 Å². The molecule has 2 aliphatic heterocycles. The Balaban J connectivity index is 1.76. The van der Waals surface area contributed by atoms with E-state index in [1.807, 2.05) is 10.6 Å². The highest BCUT2D eigenvalue weighted by Gasteiger charge is 2.27. The molecule has 0 atom stereocenters. The third-order valence-corrected chi connectivity index (χ3v) is 4.33. The van der Waals surface area contributed by atoms with Gasteiger partial charge in [-0.15, -0.1) is 0 Å². The molecule has 2 saturated heterocycles. The van der Waals surface area contributed by atoms with E-state index in [9.17, 15) is 19.2 Å². The van der Waals surface area contributed by atoms with Crippen molar-refractivity contribution in [1.29, 1.82) is 0 Å². The Hall–Kier alpha value is -3.36. The van der Waals surface area contributed by atoms with Crippen LogP contribution in [0.5, 0.6) is 11.5 Å². The van der Waals surface area contributed by atoms with Crippen molar-refractivity contribution in [3.05, 3.63) is 29.3 Å². The summed E-state index contributed by atoms with van der Waals surface area (Å²) >= 11 is 0. The van der Waals surface area contributed by atoms with Gasteiger partial charge in [0.15, 0.2) is 18.1 Å². The van der Waals surface area contributed by atoms with Crippen molar-refractivity contribution in [1.82, 2.24) is 15.5 Å². The normalized spacial score (nSPS) is 16.5. The first kappa shape index (κ1) is 19.4. The Labute approximate surface area is 161 Å². The molecule has 3 rings (SSSR count). The van der Waals surface area contributed by atoms with Gasteiger partial charge in [-0.1, -0.05) is 6.07 Å². The molecular weight excluding hydrogens is 366 g/mol. The Morgan fingerprint density at radius 3 is 2.39 bits per heavy atom. The number of urea groups is 1. The lowest BCUT2D eigenvalue weighted by molar-refractivity contribution is -0.132. The molecule has 28 heavy (non-hydrogen) atoms. The zero-order valence-corrected chi connectivity index (χ0v) is 15.4. The van der Waals surface area contributed by atoms with Gasteiger partial charge >= 0.3 is 6.03 Å². The molecule has 0 bridgehead atoms. The lowest BCUT2D eigenvalue weighted by Gasteiger charge is -2.17. The van der Waals surface area contributed by atoms with Crippen LogP contribution in [-0.4, -0.2) is 55.0 Å². The van der Waals surface area contributed by atoms with Crippen LogP contribution in [0.1, 0.15) is 25.3 Å². The Bertz CT molecular complexity index is 820. The minimum Gasteiger partial charge on any atom is -0.490 e. The number of barbiturate groups is 1. The Kier molecular flexibility index (Phi) is 5.93. The number of nitrogens with zero attached hydrogens (tertiary/aromatic N) is 1. The molecule has 148 valence electrons. The average Bonchev–Trinajstić information content (AvgIpc) is 3.19. The van der Waals surface area contributed by atoms with Gasteiger partial charge in [-0.2, -0.15) is 0 Å². The monoisotopic (exact) mass is 387 g/mol. The smallest absolute Gasteiger partial charge is 0.328 e.